The van der Waals surface area contributed by atoms with E-state index in [0.29, 0.717) is 78.2 Å². The first kappa shape index (κ1) is 46.6. The fourth-order valence-electron chi connectivity index (χ4n) is 4.45. The first-order valence-corrected chi connectivity index (χ1v) is 17.4. The summed E-state index contributed by atoms with van der Waals surface area (Å²) in [7, 11) is 0. The second-order valence-electron chi connectivity index (χ2n) is 11.5. The van der Waals surface area contributed by atoms with Gasteiger partial charge in [0.15, 0.2) is 6.04 Å². The van der Waals surface area contributed by atoms with Crippen molar-refractivity contribution in [3.8, 4) is 0 Å². The van der Waals surface area contributed by atoms with Crippen molar-refractivity contribution >= 4 is 35.6 Å². The summed E-state index contributed by atoms with van der Waals surface area (Å²) in [6.07, 6.45) is 7.28. The SMILES string of the molecule is [NH3+]N[C@@H](CCCCNC(=O)CC[C@H](NC(=O)CCOCCOCCOCCOCCNC(=O)CCCCCCCCC(=O)O)C(=O)O)C(=O)O. The molecule has 0 aliphatic heterocycles. The van der Waals surface area contributed by atoms with Gasteiger partial charge >= 0.3 is 17.9 Å². The fraction of sp³-hybridized carbons (Fsp3) is 0.812. The maximum absolute atomic E-state index is 12.1. The predicted molar refractivity (Wildman–Crippen MR) is 179 cm³/mol. The molecule has 0 unspecified atom stereocenters. The van der Waals surface area contributed by atoms with E-state index in [2.05, 4.69) is 27.2 Å². The maximum atomic E-state index is 12.1. The highest BCUT2D eigenvalue weighted by Crippen LogP contribution is 2.08. The van der Waals surface area contributed by atoms with Gasteiger partial charge in [0.25, 0.3) is 0 Å². The van der Waals surface area contributed by atoms with E-state index < -0.39 is 35.9 Å². The lowest BCUT2D eigenvalue weighted by Crippen LogP contribution is -2.70. The van der Waals surface area contributed by atoms with Crippen LogP contribution in [0, 0.1) is 0 Å². The molecular formula is C32H60N5O13+. The van der Waals surface area contributed by atoms with Crippen LogP contribution in [0.4, 0.5) is 0 Å². The molecule has 290 valence electrons. The number of unbranched alkanes of at least 4 members (excludes halogenated alkanes) is 6. The lowest BCUT2D eigenvalue weighted by atomic mass is 10.1. The van der Waals surface area contributed by atoms with Crippen LogP contribution in [0.5, 0.6) is 0 Å². The summed E-state index contributed by atoms with van der Waals surface area (Å²) in [6, 6.07) is -1.97. The highest BCUT2D eigenvalue weighted by atomic mass is 16.6. The van der Waals surface area contributed by atoms with E-state index in [4.69, 9.17) is 29.2 Å². The quantitative estimate of drug-likeness (QED) is 0.0302. The molecule has 0 radical (unpaired) electrons. The molecule has 0 aromatic carbocycles. The molecule has 18 nitrogen and oxygen atoms in total. The topological polar surface area (TPSA) is 276 Å². The number of carbonyl (C=O) groups is 6. The molecule has 0 heterocycles. The van der Waals surface area contributed by atoms with Crippen molar-refractivity contribution in [1.82, 2.24) is 21.4 Å². The second-order valence-corrected chi connectivity index (χ2v) is 11.5. The minimum Gasteiger partial charge on any atom is -0.481 e. The normalized spacial score (nSPS) is 12.2. The molecule has 0 saturated carbocycles. The van der Waals surface area contributed by atoms with Crippen molar-refractivity contribution in [2.24, 2.45) is 0 Å². The first-order valence-electron chi connectivity index (χ1n) is 17.4. The zero-order valence-corrected chi connectivity index (χ0v) is 29.3. The number of hydrogen-bond acceptors (Lipinski definition) is 11. The van der Waals surface area contributed by atoms with Crippen molar-refractivity contribution < 1.29 is 68.9 Å². The molecule has 0 saturated heterocycles. The number of rotatable bonds is 36. The van der Waals surface area contributed by atoms with E-state index >= 15 is 0 Å². The molecule has 2 atom stereocenters. The third-order valence-electron chi connectivity index (χ3n) is 7.28. The summed E-state index contributed by atoms with van der Waals surface area (Å²) < 4.78 is 21.6. The first-order chi connectivity index (χ1) is 24.1. The molecule has 0 spiro atoms. The van der Waals surface area contributed by atoms with Crippen molar-refractivity contribution in [2.75, 3.05) is 65.9 Å². The van der Waals surface area contributed by atoms with Gasteiger partial charge in [-0.1, -0.05) is 25.7 Å². The van der Waals surface area contributed by atoms with Gasteiger partial charge in [-0.2, -0.15) is 5.43 Å². The maximum Gasteiger partial charge on any atom is 0.326 e. The number of carboxylic acids is 3. The van der Waals surface area contributed by atoms with Gasteiger partial charge in [0, 0.05) is 38.8 Å². The Morgan fingerprint density at radius 2 is 0.980 bits per heavy atom. The van der Waals surface area contributed by atoms with Crippen molar-refractivity contribution in [3.05, 3.63) is 0 Å². The van der Waals surface area contributed by atoms with E-state index in [1.54, 1.807) is 0 Å². The zero-order chi connectivity index (χ0) is 37.2. The van der Waals surface area contributed by atoms with Crippen LogP contribution in [0.25, 0.3) is 0 Å². The summed E-state index contributed by atoms with van der Waals surface area (Å²) in [5, 5.41) is 34.8. The van der Waals surface area contributed by atoms with E-state index in [1.165, 1.54) is 0 Å². The molecule has 0 aromatic heterocycles. The Labute approximate surface area is 293 Å². The minimum atomic E-state index is -1.25. The molecule has 50 heavy (non-hydrogen) atoms. The number of carbonyl (C=O) groups excluding carboxylic acids is 3. The van der Waals surface area contributed by atoms with Crippen LogP contribution in [-0.4, -0.2) is 129 Å². The van der Waals surface area contributed by atoms with Gasteiger partial charge in [-0.3, -0.25) is 29.8 Å². The van der Waals surface area contributed by atoms with Gasteiger partial charge < -0.3 is 50.2 Å². The van der Waals surface area contributed by atoms with E-state index in [-0.39, 0.29) is 57.3 Å². The Kier molecular flexibility index (Phi) is 30.5. The summed E-state index contributed by atoms with van der Waals surface area (Å²) in [6.45, 7) is 3.19. The van der Waals surface area contributed by atoms with Crippen LogP contribution in [0.3, 0.4) is 0 Å². The lowest BCUT2D eigenvalue weighted by molar-refractivity contribution is -0.449. The van der Waals surface area contributed by atoms with Crippen LogP contribution in [0.1, 0.15) is 89.9 Å². The highest BCUT2D eigenvalue weighted by Gasteiger charge is 2.21. The molecule has 0 aliphatic rings. The Balaban J connectivity index is 3.62. The van der Waals surface area contributed by atoms with Crippen LogP contribution >= 0.6 is 0 Å². The summed E-state index contributed by atoms with van der Waals surface area (Å²) in [4.78, 5) is 68.9. The predicted octanol–water partition coefficient (Wildman–Crippen LogP) is -0.400. The molecule has 10 N–H and O–H groups in total. The Bertz CT molecular complexity index is 957. The fourth-order valence-corrected chi connectivity index (χ4v) is 4.45. The molecule has 0 bridgehead atoms. The Morgan fingerprint density at radius 1 is 0.480 bits per heavy atom. The molecule has 18 heteroatoms. The molecule has 0 aromatic rings. The van der Waals surface area contributed by atoms with Gasteiger partial charge in [-0.15, -0.1) is 0 Å². The number of amides is 3. The van der Waals surface area contributed by atoms with E-state index in [9.17, 15) is 33.9 Å². The summed E-state index contributed by atoms with van der Waals surface area (Å²) in [5.74, 6) is -0.528. The molecular weight excluding hydrogens is 662 g/mol. The standard InChI is InChI=1S/C32H59N5O13/c33-37-26(32(45)46)9-7-8-15-34-28(39)13-12-25(31(43)44)36-29(40)14-17-47-19-21-49-23-24-50-22-20-48-18-16-35-27(38)10-5-3-1-2-4-6-11-30(41)42/h25-26,37H,1-24,33H2,(H,34,39)(H,35,38)(H,36,40)(H,41,42)(H,43,44)(H,45,46)/p+1/t25-,26-/m0/s1. The van der Waals surface area contributed by atoms with Crippen LogP contribution in [0.2, 0.25) is 0 Å². The third-order valence-corrected chi connectivity index (χ3v) is 7.28. The number of nitrogens with one attached hydrogen (secondary N) is 4. The van der Waals surface area contributed by atoms with E-state index in [0.717, 1.165) is 32.1 Å². The second kappa shape index (κ2) is 32.8. The monoisotopic (exact) mass is 722 g/mol. The number of ether oxygens (including phenoxy) is 4. The molecule has 3 amide bonds. The van der Waals surface area contributed by atoms with Gasteiger partial charge in [0.05, 0.1) is 52.9 Å². The van der Waals surface area contributed by atoms with Gasteiger partial charge in [0.2, 0.25) is 17.7 Å². The zero-order valence-electron chi connectivity index (χ0n) is 29.3. The Morgan fingerprint density at radius 3 is 1.54 bits per heavy atom. The average molecular weight is 723 g/mol. The van der Waals surface area contributed by atoms with Gasteiger partial charge in [-0.25, -0.2) is 4.79 Å². The van der Waals surface area contributed by atoms with Gasteiger partial charge in [0.1, 0.15) is 6.04 Å². The van der Waals surface area contributed by atoms with Crippen molar-refractivity contribution in [1.29, 1.82) is 0 Å². The van der Waals surface area contributed by atoms with Crippen molar-refractivity contribution in [2.45, 2.75) is 102 Å². The smallest absolute Gasteiger partial charge is 0.326 e. The molecule has 0 rings (SSSR count). The van der Waals surface area contributed by atoms with Crippen LogP contribution in [-0.2, 0) is 47.7 Å². The summed E-state index contributed by atoms with van der Waals surface area (Å²) in [5.41, 5.74) is 2.45. The minimum absolute atomic E-state index is 0.00984. The number of aliphatic carboxylic acids is 3. The number of hydrogen-bond donors (Lipinski definition) is 8. The number of carboxylic acid groups (broad SMARTS) is 3. The average Bonchev–Trinajstić information content (AvgIpc) is 3.07. The Hall–Kier alpha value is -3.42. The van der Waals surface area contributed by atoms with E-state index in [1.807, 2.05) is 0 Å². The molecule has 0 fully saturated rings. The third kappa shape index (κ3) is 30.6. The molecule has 0 aliphatic carbocycles. The van der Waals surface area contributed by atoms with Crippen molar-refractivity contribution in [3.63, 3.8) is 0 Å². The van der Waals surface area contributed by atoms with Gasteiger partial charge in [-0.05, 0) is 38.5 Å². The van der Waals surface area contributed by atoms with Crippen LogP contribution < -0.4 is 27.2 Å². The lowest BCUT2D eigenvalue weighted by Gasteiger charge is -2.14. The number of quaternary nitrogens is 1. The largest absolute Gasteiger partial charge is 0.481 e. The highest BCUT2D eigenvalue weighted by molar-refractivity contribution is 5.84. The van der Waals surface area contributed by atoms with Crippen LogP contribution in [0.15, 0.2) is 0 Å². The summed E-state index contributed by atoms with van der Waals surface area (Å²) >= 11 is 0.